The van der Waals surface area contributed by atoms with Crippen molar-refractivity contribution in [3.63, 3.8) is 0 Å². The second kappa shape index (κ2) is 7.64. The Morgan fingerprint density at radius 3 is 2.57 bits per heavy atom. The predicted molar refractivity (Wildman–Crippen MR) is 85.2 cm³/mol. The molecule has 1 aliphatic heterocycles. The van der Waals surface area contributed by atoms with E-state index in [9.17, 15) is 4.79 Å². The minimum atomic E-state index is -0.325. The zero-order valence-electron chi connectivity index (χ0n) is 12.8. The summed E-state index contributed by atoms with van der Waals surface area (Å²) < 4.78 is 5.28. The van der Waals surface area contributed by atoms with E-state index in [1.807, 2.05) is 6.07 Å². The highest BCUT2D eigenvalue weighted by molar-refractivity contribution is 5.88. The van der Waals surface area contributed by atoms with E-state index in [1.54, 1.807) is 30.7 Å². The summed E-state index contributed by atoms with van der Waals surface area (Å²) in [5, 5.41) is 0. The molecule has 0 aliphatic carbocycles. The van der Waals surface area contributed by atoms with Gasteiger partial charge in [-0.1, -0.05) is 0 Å². The van der Waals surface area contributed by atoms with Gasteiger partial charge in [0.15, 0.2) is 0 Å². The van der Waals surface area contributed by atoms with Crippen molar-refractivity contribution in [3.05, 3.63) is 48.5 Å². The molecule has 0 amide bonds. The van der Waals surface area contributed by atoms with Crippen LogP contribution in [0.25, 0.3) is 0 Å². The SMILES string of the molecule is O=C(OCCN1CCN(c2ncccn2)CC1)c1cccnc1. The Morgan fingerprint density at radius 1 is 1.09 bits per heavy atom. The van der Waals surface area contributed by atoms with E-state index >= 15 is 0 Å². The minimum absolute atomic E-state index is 0.325. The second-order valence-corrected chi connectivity index (χ2v) is 5.26. The summed E-state index contributed by atoms with van der Waals surface area (Å²) in [6.45, 7) is 4.68. The van der Waals surface area contributed by atoms with Crippen molar-refractivity contribution in [2.24, 2.45) is 0 Å². The number of rotatable bonds is 5. The highest BCUT2D eigenvalue weighted by Gasteiger charge is 2.18. The van der Waals surface area contributed by atoms with Crippen LogP contribution in [0.4, 0.5) is 5.95 Å². The Hall–Kier alpha value is -2.54. The normalized spacial score (nSPS) is 15.4. The van der Waals surface area contributed by atoms with E-state index in [0.29, 0.717) is 12.2 Å². The van der Waals surface area contributed by atoms with E-state index < -0.39 is 0 Å². The first-order chi connectivity index (χ1) is 11.3. The van der Waals surface area contributed by atoms with Gasteiger partial charge in [-0.3, -0.25) is 9.88 Å². The molecule has 0 atom stereocenters. The predicted octanol–water partition coefficient (Wildman–Crippen LogP) is 0.851. The van der Waals surface area contributed by atoms with E-state index in [1.165, 1.54) is 6.20 Å². The number of hydrogen-bond acceptors (Lipinski definition) is 7. The van der Waals surface area contributed by atoms with Gasteiger partial charge in [-0.25, -0.2) is 14.8 Å². The first-order valence-electron chi connectivity index (χ1n) is 7.64. The Morgan fingerprint density at radius 2 is 1.87 bits per heavy atom. The third-order valence-electron chi connectivity index (χ3n) is 3.75. The maximum absolute atomic E-state index is 11.8. The van der Waals surface area contributed by atoms with Gasteiger partial charge >= 0.3 is 5.97 Å². The van der Waals surface area contributed by atoms with Gasteiger partial charge in [0.05, 0.1) is 5.56 Å². The lowest BCUT2D eigenvalue weighted by atomic mass is 10.3. The second-order valence-electron chi connectivity index (χ2n) is 5.26. The fraction of sp³-hybridized carbons (Fsp3) is 0.375. The molecule has 0 bridgehead atoms. The fourth-order valence-electron chi connectivity index (χ4n) is 2.46. The highest BCUT2D eigenvalue weighted by Crippen LogP contribution is 2.09. The Labute approximate surface area is 134 Å². The molecule has 0 unspecified atom stereocenters. The number of esters is 1. The molecule has 3 heterocycles. The van der Waals surface area contributed by atoms with Crippen LogP contribution in [0.3, 0.4) is 0 Å². The summed E-state index contributed by atoms with van der Waals surface area (Å²) in [7, 11) is 0. The van der Waals surface area contributed by atoms with E-state index in [2.05, 4.69) is 24.8 Å². The quantitative estimate of drug-likeness (QED) is 0.758. The van der Waals surface area contributed by atoms with Crippen LogP contribution in [0.5, 0.6) is 0 Å². The maximum atomic E-state index is 11.8. The van der Waals surface area contributed by atoms with Gasteiger partial charge in [0.25, 0.3) is 0 Å². The molecule has 23 heavy (non-hydrogen) atoms. The topological polar surface area (TPSA) is 71.5 Å². The molecule has 0 spiro atoms. The Kier molecular flexibility index (Phi) is 5.10. The van der Waals surface area contributed by atoms with Crippen molar-refractivity contribution in [1.82, 2.24) is 19.9 Å². The smallest absolute Gasteiger partial charge is 0.339 e. The lowest BCUT2D eigenvalue weighted by Crippen LogP contribution is -2.48. The van der Waals surface area contributed by atoms with Crippen molar-refractivity contribution in [2.45, 2.75) is 0 Å². The molecule has 0 aromatic carbocycles. The van der Waals surface area contributed by atoms with Gasteiger partial charge in [0, 0.05) is 57.5 Å². The molecule has 1 fully saturated rings. The van der Waals surface area contributed by atoms with E-state index in [0.717, 1.165) is 38.7 Å². The molecular weight excluding hydrogens is 294 g/mol. The first-order valence-corrected chi connectivity index (χ1v) is 7.64. The zero-order valence-corrected chi connectivity index (χ0v) is 12.8. The van der Waals surface area contributed by atoms with Gasteiger partial charge in [0.2, 0.25) is 5.95 Å². The Bertz CT molecular complexity index is 615. The molecule has 3 rings (SSSR count). The molecule has 2 aromatic heterocycles. The van der Waals surface area contributed by atoms with Crippen molar-refractivity contribution >= 4 is 11.9 Å². The van der Waals surface area contributed by atoms with Gasteiger partial charge in [-0.05, 0) is 18.2 Å². The molecule has 1 saturated heterocycles. The van der Waals surface area contributed by atoms with Crippen LogP contribution >= 0.6 is 0 Å². The van der Waals surface area contributed by atoms with Crippen molar-refractivity contribution in [2.75, 3.05) is 44.2 Å². The summed E-state index contributed by atoms with van der Waals surface area (Å²) >= 11 is 0. The van der Waals surface area contributed by atoms with Crippen molar-refractivity contribution in [3.8, 4) is 0 Å². The number of nitrogens with zero attached hydrogens (tertiary/aromatic N) is 5. The van der Waals surface area contributed by atoms with Gasteiger partial charge in [0.1, 0.15) is 6.61 Å². The lowest BCUT2D eigenvalue weighted by molar-refractivity contribution is 0.0458. The summed E-state index contributed by atoms with van der Waals surface area (Å²) in [4.78, 5) is 28.7. The third-order valence-corrected chi connectivity index (χ3v) is 3.75. The molecule has 0 radical (unpaired) electrons. The number of anilines is 1. The number of piperazine rings is 1. The molecule has 120 valence electrons. The van der Waals surface area contributed by atoms with Crippen LogP contribution in [0.15, 0.2) is 43.0 Å². The standard InChI is InChI=1S/C16H19N5O2/c22-15(14-3-1-4-17-13-14)23-12-11-20-7-9-21(10-8-20)16-18-5-2-6-19-16/h1-6,13H,7-12H2. The fourth-order valence-corrected chi connectivity index (χ4v) is 2.46. The van der Waals surface area contributed by atoms with Crippen molar-refractivity contribution < 1.29 is 9.53 Å². The van der Waals surface area contributed by atoms with E-state index in [4.69, 9.17) is 4.74 Å². The Balaban J connectivity index is 1.39. The van der Waals surface area contributed by atoms with Crippen LogP contribution in [-0.2, 0) is 4.74 Å². The minimum Gasteiger partial charge on any atom is -0.461 e. The van der Waals surface area contributed by atoms with Crippen LogP contribution < -0.4 is 4.90 Å². The maximum Gasteiger partial charge on any atom is 0.339 e. The van der Waals surface area contributed by atoms with E-state index in [-0.39, 0.29) is 5.97 Å². The number of aromatic nitrogens is 3. The molecule has 1 aliphatic rings. The molecule has 7 nitrogen and oxygen atoms in total. The summed E-state index contributed by atoms with van der Waals surface area (Å²) in [6, 6.07) is 5.24. The van der Waals surface area contributed by atoms with Gasteiger partial charge in [-0.15, -0.1) is 0 Å². The highest BCUT2D eigenvalue weighted by atomic mass is 16.5. The third kappa shape index (κ3) is 4.23. The average molecular weight is 313 g/mol. The number of pyridine rings is 1. The number of hydrogen-bond donors (Lipinski definition) is 0. The molecular formula is C16H19N5O2. The van der Waals surface area contributed by atoms with Crippen molar-refractivity contribution in [1.29, 1.82) is 0 Å². The first kappa shape index (κ1) is 15.4. The van der Waals surface area contributed by atoms with Crippen LogP contribution in [0, 0.1) is 0 Å². The molecule has 0 saturated carbocycles. The molecule has 7 heteroatoms. The average Bonchev–Trinajstić information content (AvgIpc) is 2.64. The van der Waals surface area contributed by atoms with Crippen LogP contribution in [0.1, 0.15) is 10.4 Å². The zero-order chi connectivity index (χ0) is 15.9. The number of ether oxygens (including phenoxy) is 1. The number of carbonyl (C=O) groups is 1. The van der Waals surface area contributed by atoms with Crippen LogP contribution in [-0.4, -0.2) is 65.2 Å². The van der Waals surface area contributed by atoms with Gasteiger partial charge in [-0.2, -0.15) is 0 Å². The van der Waals surface area contributed by atoms with Gasteiger partial charge < -0.3 is 9.64 Å². The molecule has 0 N–H and O–H groups in total. The number of carbonyl (C=O) groups excluding carboxylic acids is 1. The lowest BCUT2D eigenvalue weighted by Gasteiger charge is -2.34. The monoisotopic (exact) mass is 313 g/mol. The summed E-state index contributed by atoms with van der Waals surface area (Å²) in [5.74, 6) is 0.449. The summed E-state index contributed by atoms with van der Waals surface area (Å²) in [5.41, 5.74) is 0.485. The largest absolute Gasteiger partial charge is 0.461 e. The molecule has 2 aromatic rings. The van der Waals surface area contributed by atoms with Crippen LogP contribution in [0.2, 0.25) is 0 Å². The summed E-state index contributed by atoms with van der Waals surface area (Å²) in [6.07, 6.45) is 6.66.